The lowest BCUT2D eigenvalue weighted by atomic mass is 10.3. The van der Waals surface area contributed by atoms with E-state index < -0.39 is 18.0 Å². The predicted molar refractivity (Wildman–Crippen MR) is 99.4 cm³/mol. The summed E-state index contributed by atoms with van der Waals surface area (Å²) in [5.41, 5.74) is 0.860. The summed E-state index contributed by atoms with van der Waals surface area (Å²) >= 11 is 7.26. The number of thiophene rings is 1. The molecule has 0 fully saturated rings. The van der Waals surface area contributed by atoms with Gasteiger partial charge in [-0.2, -0.15) is 16.3 Å². The fourth-order valence-corrected chi connectivity index (χ4v) is 2.81. The van der Waals surface area contributed by atoms with Crippen molar-refractivity contribution in [1.29, 1.82) is 0 Å². The normalized spacial score (nSPS) is 11.8. The molecule has 3 heterocycles. The first-order valence-electron chi connectivity index (χ1n) is 7.98. The summed E-state index contributed by atoms with van der Waals surface area (Å²) in [5.74, 6) is 0.0882. The maximum atomic E-state index is 12.0. The molecule has 0 aromatic carbocycles. The molecule has 0 bridgehead atoms. The van der Waals surface area contributed by atoms with Crippen LogP contribution in [0.2, 0.25) is 5.02 Å². The molecule has 0 saturated heterocycles. The van der Waals surface area contributed by atoms with E-state index in [-0.39, 0.29) is 12.8 Å². The predicted octanol–water partition coefficient (Wildman–Crippen LogP) is 3.35. The minimum absolute atomic E-state index is 0.0160. The molecule has 0 unspecified atom stereocenters. The Morgan fingerprint density at radius 1 is 1.37 bits per heavy atom. The van der Waals surface area contributed by atoms with Gasteiger partial charge in [0.15, 0.2) is 6.10 Å². The van der Waals surface area contributed by atoms with E-state index >= 15 is 0 Å². The Hall–Kier alpha value is -2.78. The third kappa shape index (κ3) is 5.35. The minimum atomic E-state index is -0.973. The van der Waals surface area contributed by atoms with Crippen LogP contribution in [0.1, 0.15) is 19.2 Å². The van der Waals surface area contributed by atoms with E-state index in [4.69, 9.17) is 20.9 Å². The number of nitrogens with zero attached hydrogens (tertiary/aromatic N) is 3. The number of rotatable bonds is 7. The maximum absolute atomic E-state index is 12.0. The van der Waals surface area contributed by atoms with Gasteiger partial charge in [-0.25, -0.2) is 4.98 Å². The van der Waals surface area contributed by atoms with Gasteiger partial charge in [-0.1, -0.05) is 16.8 Å². The molecule has 10 heteroatoms. The van der Waals surface area contributed by atoms with Crippen molar-refractivity contribution in [1.82, 2.24) is 15.1 Å². The highest BCUT2D eigenvalue weighted by Crippen LogP contribution is 2.19. The van der Waals surface area contributed by atoms with Gasteiger partial charge in [-0.15, -0.1) is 0 Å². The van der Waals surface area contributed by atoms with Crippen molar-refractivity contribution in [3.63, 3.8) is 0 Å². The number of nitrogens with one attached hydrogen (secondary N) is 1. The third-order valence-corrected chi connectivity index (χ3v) is 4.35. The molecule has 8 nitrogen and oxygen atoms in total. The lowest BCUT2D eigenvalue weighted by Crippen LogP contribution is -2.30. The number of halogens is 1. The van der Waals surface area contributed by atoms with Crippen molar-refractivity contribution in [2.24, 2.45) is 0 Å². The molecule has 1 atom stereocenters. The van der Waals surface area contributed by atoms with Gasteiger partial charge in [0.1, 0.15) is 5.82 Å². The zero-order valence-corrected chi connectivity index (χ0v) is 15.8. The molecule has 27 heavy (non-hydrogen) atoms. The molecular formula is C17H15ClN4O4S. The van der Waals surface area contributed by atoms with Crippen molar-refractivity contribution < 1.29 is 18.8 Å². The minimum Gasteiger partial charge on any atom is -0.453 e. The van der Waals surface area contributed by atoms with Gasteiger partial charge in [-0.3, -0.25) is 9.59 Å². The van der Waals surface area contributed by atoms with Gasteiger partial charge >= 0.3 is 5.97 Å². The summed E-state index contributed by atoms with van der Waals surface area (Å²) in [6.45, 7) is 1.48. The average Bonchev–Trinajstić information content (AvgIpc) is 3.33. The van der Waals surface area contributed by atoms with Crippen LogP contribution in [0.3, 0.4) is 0 Å². The van der Waals surface area contributed by atoms with Crippen LogP contribution in [-0.2, 0) is 20.7 Å². The van der Waals surface area contributed by atoms with Gasteiger partial charge in [0.25, 0.3) is 5.91 Å². The number of pyridine rings is 1. The number of aromatic nitrogens is 3. The van der Waals surface area contributed by atoms with E-state index in [9.17, 15) is 9.59 Å². The molecule has 140 valence electrons. The Morgan fingerprint density at radius 2 is 2.22 bits per heavy atom. The largest absolute Gasteiger partial charge is 0.453 e. The van der Waals surface area contributed by atoms with Crippen LogP contribution in [0.15, 0.2) is 39.7 Å². The number of carbonyl (C=O) groups excluding carboxylic acids is 2. The first-order chi connectivity index (χ1) is 13.0. The number of hydrogen-bond donors (Lipinski definition) is 1. The highest BCUT2D eigenvalue weighted by atomic mass is 35.5. The van der Waals surface area contributed by atoms with Crippen molar-refractivity contribution in [2.75, 3.05) is 5.32 Å². The highest BCUT2D eigenvalue weighted by molar-refractivity contribution is 7.08. The first-order valence-corrected chi connectivity index (χ1v) is 9.30. The number of amides is 1. The molecule has 1 N–H and O–H groups in total. The number of ether oxygens (including phenoxy) is 1. The fourth-order valence-electron chi connectivity index (χ4n) is 2.06. The molecule has 0 aliphatic rings. The molecule has 3 rings (SSSR count). The van der Waals surface area contributed by atoms with Crippen LogP contribution in [-0.4, -0.2) is 33.1 Å². The Kier molecular flexibility index (Phi) is 6.15. The van der Waals surface area contributed by atoms with E-state index in [0.717, 1.165) is 5.56 Å². The van der Waals surface area contributed by atoms with Crippen LogP contribution in [0, 0.1) is 0 Å². The summed E-state index contributed by atoms with van der Waals surface area (Å²) < 4.78 is 10.2. The zero-order valence-electron chi connectivity index (χ0n) is 14.2. The second-order valence-electron chi connectivity index (χ2n) is 5.51. The van der Waals surface area contributed by atoms with Crippen LogP contribution >= 0.6 is 22.9 Å². The summed E-state index contributed by atoms with van der Waals surface area (Å²) in [6.07, 6.45) is 0.673. The van der Waals surface area contributed by atoms with Crippen LogP contribution in [0.4, 0.5) is 5.82 Å². The third-order valence-electron chi connectivity index (χ3n) is 3.45. The summed E-state index contributed by atoms with van der Waals surface area (Å²) in [6, 6.07) is 5.02. The standard InChI is InChI=1S/C17H15ClN4O4S/c1-10(17(24)20-13-3-2-12(18)8-19-13)25-15(23)5-4-14-21-16(22-26-14)11-6-7-27-9-11/h2-3,6-10H,4-5H2,1H3,(H,19,20,24)/t10-/m0/s1. The van der Waals surface area contributed by atoms with Crippen LogP contribution in [0.5, 0.6) is 0 Å². The summed E-state index contributed by atoms with van der Waals surface area (Å²) in [7, 11) is 0. The molecule has 3 aromatic heterocycles. The Labute approximate surface area is 163 Å². The smallest absolute Gasteiger partial charge is 0.307 e. The zero-order chi connectivity index (χ0) is 19.2. The second kappa shape index (κ2) is 8.74. The molecular weight excluding hydrogens is 392 g/mol. The molecule has 3 aromatic rings. The molecule has 0 saturated carbocycles. The van der Waals surface area contributed by atoms with E-state index in [2.05, 4.69) is 20.4 Å². The lowest BCUT2D eigenvalue weighted by Gasteiger charge is -2.12. The fraction of sp³-hybridized carbons (Fsp3) is 0.235. The topological polar surface area (TPSA) is 107 Å². The van der Waals surface area contributed by atoms with Gasteiger partial charge < -0.3 is 14.6 Å². The molecule has 0 radical (unpaired) electrons. The van der Waals surface area contributed by atoms with Gasteiger partial charge in [0, 0.05) is 23.6 Å². The number of esters is 1. The maximum Gasteiger partial charge on any atom is 0.307 e. The van der Waals surface area contributed by atoms with E-state index in [1.54, 1.807) is 12.1 Å². The molecule has 1 amide bonds. The van der Waals surface area contributed by atoms with E-state index in [1.807, 2.05) is 16.8 Å². The van der Waals surface area contributed by atoms with Crippen molar-refractivity contribution >= 4 is 40.6 Å². The quantitative estimate of drug-likeness (QED) is 0.599. The van der Waals surface area contributed by atoms with Crippen molar-refractivity contribution in [3.05, 3.63) is 46.1 Å². The SMILES string of the molecule is C[C@H](OC(=O)CCc1nc(-c2ccsc2)no1)C(=O)Nc1ccc(Cl)cn1. The summed E-state index contributed by atoms with van der Waals surface area (Å²) in [4.78, 5) is 32.2. The van der Waals surface area contributed by atoms with Gasteiger partial charge in [0.2, 0.25) is 11.7 Å². The molecule has 0 aliphatic carbocycles. The molecule has 0 spiro atoms. The van der Waals surface area contributed by atoms with Crippen LogP contribution < -0.4 is 5.32 Å². The first kappa shape index (κ1) is 19.0. The van der Waals surface area contributed by atoms with E-state index in [1.165, 1.54) is 24.5 Å². The number of aryl methyl sites for hydroxylation is 1. The summed E-state index contributed by atoms with van der Waals surface area (Å²) in [5, 5.41) is 10.7. The van der Waals surface area contributed by atoms with Gasteiger partial charge in [0.05, 0.1) is 11.4 Å². The van der Waals surface area contributed by atoms with Gasteiger partial charge in [-0.05, 0) is 30.5 Å². The monoisotopic (exact) mass is 406 g/mol. The highest BCUT2D eigenvalue weighted by Gasteiger charge is 2.19. The molecule has 0 aliphatic heterocycles. The van der Waals surface area contributed by atoms with E-state index in [0.29, 0.717) is 22.6 Å². The van der Waals surface area contributed by atoms with Crippen LogP contribution in [0.25, 0.3) is 11.4 Å². The Balaban J connectivity index is 1.45. The van der Waals surface area contributed by atoms with Crippen molar-refractivity contribution in [3.8, 4) is 11.4 Å². The lowest BCUT2D eigenvalue weighted by molar-refractivity contribution is -0.153. The Bertz CT molecular complexity index is 911. The number of carbonyl (C=O) groups is 2. The average molecular weight is 407 g/mol. The van der Waals surface area contributed by atoms with Crippen molar-refractivity contribution in [2.45, 2.75) is 25.9 Å². The number of anilines is 1. The Morgan fingerprint density at radius 3 is 2.93 bits per heavy atom. The number of hydrogen-bond acceptors (Lipinski definition) is 8. The second-order valence-corrected chi connectivity index (χ2v) is 6.72.